The summed E-state index contributed by atoms with van der Waals surface area (Å²) in [5.41, 5.74) is -0.797. The molecule has 0 aromatic rings. The van der Waals surface area contributed by atoms with Crippen LogP contribution >= 0.6 is 11.8 Å². The van der Waals surface area contributed by atoms with E-state index in [0.29, 0.717) is 6.61 Å². The maximum absolute atomic E-state index is 10.3. The summed E-state index contributed by atoms with van der Waals surface area (Å²) in [6.45, 7) is 0.654. The standard InChI is InChI=1S/C4H7O2S/c5-4-6-2-1-3-7-4/h4H,1-3H2. The first-order valence-electron chi connectivity index (χ1n) is 2.28. The zero-order valence-electron chi connectivity index (χ0n) is 3.92. The maximum atomic E-state index is 10.3. The van der Waals surface area contributed by atoms with E-state index >= 15 is 0 Å². The van der Waals surface area contributed by atoms with Gasteiger partial charge in [0.1, 0.15) is 0 Å². The monoisotopic (exact) mass is 119 g/mol. The Hall–Kier alpha value is 0.270. The predicted molar refractivity (Wildman–Crippen MR) is 27.5 cm³/mol. The SMILES string of the molecule is [O]C1OCCCS1. The van der Waals surface area contributed by atoms with Crippen molar-refractivity contribution < 1.29 is 9.84 Å². The third-order valence-corrected chi connectivity index (χ3v) is 1.73. The van der Waals surface area contributed by atoms with Crippen molar-refractivity contribution in [2.45, 2.75) is 12.0 Å². The lowest BCUT2D eigenvalue weighted by Gasteiger charge is -2.13. The zero-order chi connectivity index (χ0) is 5.11. The second-order valence-electron chi connectivity index (χ2n) is 1.38. The minimum absolute atomic E-state index is 0.654. The molecule has 1 fully saturated rings. The van der Waals surface area contributed by atoms with Crippen LogP contribution in [0.15, 0.2) is 0 Å². The Bertz CT molecular complexity index is 51.7. The number of thioether (sulfide) groups is 1. The Kier molecular flexibility index (Phi) is 1.97. The Labute approximate surface area is 46.9 Å². The molecule has 0 aromatic heterocycles. The molecule has 0 N–H and O–H groups in total. The minimum Gasteiger partial charge on any atom is -0.342 e. The van der Waals surface area contributed by atoms with Gasteiger partial charge in [-0.15, -0.1) is 0 Å². The van der Waals surface area contributed by atoms with Crippen molar-refractivity contribution in [1.82, 2.24) is 0 Å². The zero-order valence-corrected chi connectivity index (χ0v) is 4.74. The molecule has 3 heteroatoms. The van der Waals surface area contributed by atoms with Gasteiger partial charge >= 0.3 is 0 Å². The molecule has 2 nitrogen and oxygen atoms in total. The molecule has 1 saturated heterocycles. The van der Waals surface area contributed by atoms with Gasteiger partial charge in [0, 0.05) is 5.75 Å². The van der Waals surface area contributed by atoms with Crippen LogP contribution in [0.5, 0.6) is 0 Å². The topological polar surface area (TPSA) is 29.1 Å². The van der Waals surface area contributed by atoms with Crippen molar-refractivity contribution in [3.63, 3.8) is 0 Å². The van der Waals surface area contributed by atoms with E-state index in [-0.39, 0.29) is 0 Å². The fourth-order valence-corrected chi connectivity index (χ4v) is 1.14. The fraction of sp³-hybridized carbons (Fsp3) is 1.00. The van der Waals surface area contributed by atoms with Gasteiger partial charge in [0.05, 0.1) is 6.61 Å². The lowest BCUT2D eigenvalue weighted by atomic mass is 10.5. The van der Waals surface area contributed by atoms with Gasteiger partial charge in [-0.1, -0.05) is 11.8 Å². The van der Waals surface area contributed by atoms with E-state index < -0.39 is 5.62 Å². The molecule has 41 valence electrons. The number of ether oxygens (including phenoxy) is 1. The quantitative estimate of drug-likeness (QED) is 0.473. The Balaban J connectivity index is 2.12. The molecule has 1 aliphatic heterocycles. The van der Waals surface area contributed by atoms with Crippen LogP contribution in [0.3, 0.4) is 0 Å². The van der Waals surface area contributed by atoms with Crippen LogP contribution in [0.25, 0.3) is 0 Å². The predicted octanol–water partition coefficient (Wildman–Crippen LogP) is 0.854. The molecule has 0 bridgehead atoms. The first-order chi connectivity index (χ1) is 3.39. The summed E-state index contributed by atoms with van der Waals surface area (Å²) < 4.78 is 4.69. The third kappa shape index (κ3) is 1.67. The van der Waals surface area contributed by atoms with Crippen LogP contribution in [0.1, 0.15) is 6.42 Å². The summed E-state index contributed by atoms with van der Waals surface area (Å²) in [6.07, 6.45) is 1.03. The molecule has 1 unspecified atom stereocenters. The molecule has 0 aliphatic carbocycles. The van der Waals surface area contributed by atoms with E-state index in [1.165, 1.54) is 11.8 Å². The molecule has 0 spiro atoms. The largest absolute Gasteiger partial charge is 0.342 e. The molecule has 0 amide bonds. The second kappa shape index (κ2) is 2.55. The van der Waals surface area contributed by atoms with Crippen molar-refractivity contribution in [3.8, 4) is 0 Å². The van der Waals surface area contributed by atoms with Crippen molar-refractivity contribution in [3.05, 3.63) is 0 Å². The van der Waals surface area contributed by atoms with Gasteiger partial charge in [-0.3, -0.25) is 0 Å². The molecular formula is C4H7O2S. The number of hydrogen-bond acceptors (Lipinski definition) is 2. The van der Waals surface area contributed by atoms with Crippen molar-refractivity contribution >= 4 is 11.8 Å². The normalized spacial score (nSPS) is 33.0. The average Bonchev–Trinajstić information content (AvgIpc) is 1.69. The highest BCUT2D eigenvalue weighted by Crippen LogP contribution is 2.16. The summed E-state index contributed by atoms with van der Waals surface area (Å²) in [4.78, 5) is 0. The van der Waals surface area contributed by atoms with E-state index in [2.05, 4.69) is 4.74 Å². The van der Waals surface area contributed by atoms with Crippen LogP contribution in [0.4, 0.5) is 0 Å². The van der Waals surface area contributed by atoms with Gasteiger partial charge in [0.25, 0.3) is 0 Å². The van der Waals surface area contributed by atoms with Crippen LogP contribution in [0, 0.1) is 0 Å². The van der Waals surface area contributed by atoms with Gasteiger partial charge in [-0.25, -0.2) is 0 Å². The highest BCUT2D eigenvalue weighted by molar-refractivity contribution is 7.99. The smallest absolute Gasteiger partial charge is 0.239 e. The highest BCUT2D eigenvalue weighted by atomic mass is 32.2. The minimum atomic E-state index is -0.797. The average molecular weight is 119 g/mol. The Morgan fingerprint density at radius 3 is 2.86 bits per heavy atom. The van der Waals surface area contributed by atoms with E-state index in [1.807, 2.05) is 0 Å². The summed E-state index contributed by atoms with van der Waals surface area (Å²) in [5, 5.41) is 10.3. The van der Waals surface area contributed by atoms with Crippen LogP contribution < -0.4 is 0 Å². The molecule has 7 heavy (non-hydrogen) atoms. The van der Waals surface area contributed by atoms with E-state index in [4.69, 9.17) is 0 Å². The van der Waals surface area contributed by atoms with E-state index in [9.17, 15) is 5.11 Å². The molecule has 1 heterocycles. The Morgan fingerprint density at radius 2 is 2.57 bits per heavy atom. The number of rotatable bonds is 0. The van der Waals surface area contributed by atoms with Gasteiger partial charge in [-0.2, -0.15) is 5.11 Å². The van der Waals surface area contributed by atoms with E-state index in [0.717, 1.165) is 12.2 Å². The third-order valence-electron chi connectivity index (χ3n) is 0.797. The van der Waals surface area contributed by atoms with E-state index in [1.54, 1.807) is 0 Å². The lowest BCUT2D eigenvalue weighted by molar-refractivity contribution is -0.0788. The molecular weight excluding hydrogens is 112 g/mol. The molecule has 1 aliphatic rings. The molecule has 1 radical (unpaired) electrons. The maximum Gasteiger partial charge on any atom is 0.239 e. The number of hydrogen-bond donors (Lipinski definition) is 0. The fourth-order valence-electron chi connectivity index (χ4n) is 0.466. The molecule has 0 aromatic carbocycles. The van der Waals surface area contributed by atoms with Gasteiger partial charge < -0.3 is 4.74 Å². The van der Waals surface area contributed by atoms with Gasteiger partial charge in [0.15, 0.2) is 0 Å². The molecule has 1 atom stereocenters. The summed E-state index contributed by atoms with van der Waals surface area (Å²) >= 11 is 1.34. The van der Waals surface area contributed by atoms with Crippen LogP contribution in [-0.2, 0) is 9.84 Å². The summed E-state index contributed by atoms with van der Waals surface area (Å²) in [6, 6.07) is 0. The molecule has 0 saturated carbocycles. The summed E-state index contributed by atoms with van der Waals surface area (Å²) in [5.74, 6) is 0.966. The Morgan fingerprint density at radius 1 is 1.71 bits per heavy atom. The highest BCUT2D eigenvalue weighted by Gasteiger charge is 2.10. The van der Waals surface area contributed by atoms with Crippen LogP contribution in [0.2, 0.25) is 0 Å². The van der Waals surface area contributed by atoms with Crippen molar-refractivity contribution in [2.24, 2.45) is 0 Å². The van der Waals surface area contributed by atoms with Gasteiger partial charge in [-0.05, 0) is 6.42 Å². The van der Waals surface area contributed by atoms with Crippen molar-refractivity contribution in [2.75, 3.05) is 12.4 Å². The van der Waals surface area contributed by atoms with Crippen LogP contribution in [-0.4, -0.2) is 18.0 Å². The van der Waals surface area contributed by atoms with Crippen molar-refractivity contribution in [1.29, 1.82) is 0 Å². The lowest BCUT2D eigenvalue weighted by Crippen LogP contribution is -2.13. The second-order valence-corrected chi connectivity index (χ2v) is 2.51. The first kappa shape index (κ1) is 5.41. The summed E-state index contributed by atoms with van der Waals surface area (Å²) in [7, 11) is 0. The molecule has 1 rings (SSSR count). The first-order valence-corrected chi connectivity index (χ1v) is 3.33. The van der Waals surface area contributed by atoms with Gasteiger partial charge in [0.2, 0.25) is 5.62 Å².